The van der Waals surface area contributed by atoms with Crippen LogP contribution < -0.4 is 0 Å². The van der Waals surface area contributed by atoms with Gasteiger partial charge in [0.05, 0.1) is 93.9 Å². The largest absolute Gasteiger partial charge is 0.469 e. The molecule has 0 amide bonds. The van der Waals surface area contributed by atoms with Crippen molar-refractivity contribution in [1.29, 1.82) is 0 Å². The Morgan fingerprint density at radius 3 is 1.53 bits per heavy atom. The fourth-order valence-electron chi connectivity index (χ4n) is 12.5. The lowest BCUT2D eigenvalue weighted by molar-refractivity contribution is -0.287. The Hall–Kier alpha value is 0.0400. The van der Waals surface area contributed by atoms with Gasteiger partial charge in [0.1, 0.15) is 30.5 Å². The zero-order valence-corrected chi connectivity index (χ0v) is 59.6. The number of aliphatic hydroxyl groups excluding tert-OH is 5. The highest BCUT2D eigenvalue weighted by atomic mass is 127. The summed E-state index contributed by atoms with van der Waals surface area (Å²) in [5, 5.41) is 50.4. The summed E-state index contributed by atoms with van der Waals surface area (Å²) in [5.74, 6) is 2.81. The predicted octanol–water partition coefficient (Wildman–Crippen LogP) is 11.0. The number of allylic oxidation sites excluding steroid dienone is 1. The number of esters is 2. The monoisotopic (exact) mass is 1620 g/mol. The Kier molecular flexibility index (Phi) is 34.6. The first-order valence-electron chi connectivity index (χ1n) is 29.9. The molecule has 83 heavy (non-hydrogen) atoms. The molecule has 0 saturated carbocycles. The normalized spacial score (nSPS) is 40.6. The van der Waals surface area contributed by atoms with E-state index < -0.39 is 49.0 Å². The van der Waals surface area contributed by atoms with Crippen LogP contribution >= 0.6 is 90.4 Å². The maximum atomic E-state index is 11.3. The van der Waals surface area contributed by atoms with Crippen molar-refractivity contribution in [1.82, 2.24) is 0 Å². The van der Waals surface area contributed by atoms with Gasteiger partial charge in [-0.05, 0) is 110 Å². The minimum absolute atomic E-state index is 0.0516. The summed E-state index contributed by atoms with van der Waals surface area (Å²) in [6.07, 6.45) is 11.8. The average molecular weight is 1630 g/mol. The molecule has 7 heterocycles. The summed E-state index contributed by atoms with van der Waals surface area (Å²) in [4.78, 5) is 22.4. The van der Waals surface area contributed by atoms with Crippen molar-refractivity contribution < 1.29 is 82.5 Å². The van der Waals surface area contributed by atoms with Crippen molar-refractivity contribution in [2.24, 2.45) is 53.3 Å². The van der Waals surface area contributed by atoms with E-state index in [0.717, 1.165) is 19.3 Å². The first kappa shape index (κ1) is 75.5. The number of carbonyl (C=O) groups excluding carboxylic acids is 2. The molecule has 0 aromatic carbocycles. The standard InChI is InChI=1S/C17H27IO4.C17H29IO3.C14H21IO7.C14H23IO3/c1-11(9-10-18)17-13(3)12(2)16(20)14(22-17)7-5-6-8-15(19)21-4;1-10(2)19-15-7-6-14-17(21-15)13(5)12(4)16(20-14)11(3)8-9-18;1-20-10(17)6-7-2-3-9-14(21-7)12(19)11(18)13(22-9)8(16)4-5-15;1-8(6-7-15)13-9(2)10(3)14-11(17-13)4-5-12(16)18-14/h6,8-14,16-17,20H,5,7H2,1-4H3;8-17H,6-7H2,1-5H3;4-5,7-9,11-14,16,18-19H,2-3,6H2,1H3;6-14,16H,4-5H2,1-3H3/b8-6+,10-9+;9-8+;5-4+;7-6+/t11-,12+,13-,14-,16+,17-;11-,12-,13+,14-,15-,16-,17+;7-,8+,9+,11+,12-,13+,14+;8-,9-,10+,11-,12-,13-,14+/m0010/s1. The SMILES string of the molecule is CC(C)O[C@@H]1CC[C@@H]2O[C@@H]([C@@H](C)/C=C/I)[C@@H](C)[C@@H](C)[C@H]2O1.COC(=O)/C=C/CC[C@@H]1O[C@@H]([C@@H](C)/C=C/I)[C@@H](C)[C@@H](C)[C@H]1O.COC(=O)C[C@H]1CC[C@@H]2O[C@@H]([C@@H](O)/C=C/I)[C@@H](O)[C@@H](O)[C@H]2O1.C[C@@H]1[C@H](C)[C@H]([C@@H](C)/C=C/I)O[C@H]2CC[C@@H](O)O[C@H]12. The lowest BCUT2D eigenvalue weighted by atomic mass is 9.76. The molecule has 0 aromatic rings. The minimum atomic E-state index is -1.26. The minimum Gasteiger partial charge on any atom is -0.469 e. The third-order valence-electron chi connectivity index (χ3n) is 18.0. The second kappa shape index (κ2) is 38.0. The van der Waals surface area contributed by atoms with Gasteiger partial charge in [-0.2, -0.15) is 0 Å². The number of fused-ring (bicyclic) bond motifs is 3. The molecular weight excluding hydrogens is 1520 g/mol. The first-order valence-corrected chi connectivity index (χ1v) is 34.9. The molecule has 0 aliphatic carbocycles. The number of carbonyl (C=O) groups is 2. The van der Waals surface area contributed by atoms with Crippen LogP contribution in [0.4, 0.5) is 0 Å². The van der Waals surface area contributed by atoms with E-state index in [9.17, 15) is 35.1 Å². The number of methoxy groups -OCH3 is 2. The van der Waals surface area contributed by atoms with Crippen LogP contribution in [0.1, 0.15) is 134 Å². The van der Waals surface area contributed by atoms with Gasteiger partial charge in [0.25, 0.3) is 0 Å². The van der Waals surface area contributed by atoms with E-state index in [1.54, 1.807) is 10.2 Å². The summed E-state index contributed by atoms with van der Waals surface area (Å²) >= 11 is 8.72. The maximum absolute atomic E-state index is 11.3. The Morgan fingerprint density at radius 1 is 0.530 bits per heavy atom. The number of ether oxygens (including phenoxy) is 10. The summed E-state index contributed by atoms with van der Waals surface area (Å²) in [6.45, 7) is 24.0. The summed E-state index contributed by atoms with van der Waals surface area (Å²) in [7, 11) is 2.67. The van der Waals surface area contributed by atoms with Crippen LogP contribution in [0.25, 0.3) is 0 Å². The molecule has 7 rings (SSSR count). The smallest absolute Gasteiger partial charge is 0.330 e. The van der Waals surface area contributed by atoms with Crippen molar-refractivity contribution in [3.8, 4) is 0 Å². The van der Waals surface area contributed by atoms with Gasteiger partial charge >= 0.3 is 11.9 Å². The van der Waals surface area contributed by atoms with E-state index in [1.165, 1.54) is 26.4 Å². The maximum Gasteiger partial charge on any atom is 0.330 e. The van der Waals surface area contributed by atoms with Gasteiger partial charge in [-0.15, -0.1) is 0 Å². The molecule has 7 fully saturated rings. The van der Waals surface area contributed by atoms with Crippen LogP contribution in [0, 0.1) is 53.3 Å². The average Bonchev–Trinajstić information content (AvgIpc) is 3.62. The van der Waals surface area contributed by atoms with Crippen LogP contribution in [0.3, 0.4) is 0 Å². The molecule has 7 aliphatic rings. The van der Waals surface area contributed by atoms with Gasteiger partial charge in [-0.3, -0.25) is 4.79 Å². The fraction of sp³-hybridized carbons (Fsp3) is 0.806. The van der Waals surface area contributed by atoms with Gasteiger partial charge in [0.15, 0.2) is 12.6 Å². The Labute approximate surface area is 550 Å². The lowest BCUT2D eigenvalue weighted by Crippen LogP contribution is -2.63. The van der Waals surface area contributed by atoms with E-state index in [1.807, 2.05) is 26.7 Å². The summed E-state index contributed by atoms with van der Waals surface area (Å²) in [6, 6.07) is 0. The molecule has 27 atom stereocenters. The molecule has 7 saturated heterocycles. The molecule has 0 bridgehead atoms. The summed E-state index contributed by atoms with van der Waals surface area (Å²) < 4.78 is 64.9. The van der Waals surface area contributed by atoms with E-state index in [4.69, 9.17) is 37.9 Å². The number of hydrogen-bond acceptors (Lipinski definition) is 17. The second-order valence-corrected chi connectivity index (χ2v) is 26.9. The van der Waals surface area contributed by atoms with Crippen LogP contribution in [0.2, 0.25) is 0 Å². The van der Waals surface area contributed by atoms with Crippen LogP contribution in [-0.4, -0.2) is 168 Å². The molecule has 17 nitrogen and oxygen atoms in total. The Bertz CT molecular complexity index is 2040. The highest BCUT2D eigenvalue weighted by Crippen LogP contribution is 2.43. The van der Waals surface area contributed by atoms with Crippen LogP contribution in [-0.2, 0) is 57.0 Å². The Balaban J connectivity index is 0.000000238. The molecule has 5 N–H and O–H groups in total. The van der Waals surface area contributed by atoms with Gasteiger partial charge < -0.3 is 72.9 Å². The summed E-state index contributed by atoms with van der Waals surface area (Å²) in [5.41, 5.74) is 0. The Morgan fingerprint density at radius 2 is 1.01 bits per heavy atom. The van der Waals surface area contributed by atoms with Crippen LogP contribution in [0.15, 0.2) is 52.8 Å². The van der Waals surface area contributed by atoms with Gasteiger partial charge in [-0.1, -0.05) is 177 Å². The van der Waals surface area contributed by atoms with Crippen molar-refractivity contribution >= 4 is 102 Å². The third kappa shape index (κ3) is 22.1. The lowest BCUT2D eigenvalue weighted by Gasteiger charge is -2.49. The fourth-order valence-corrected chi connectivity index (χ4v) is 14.9. The zero-order valence-electron chi connectivity index (χ0n) is 51.0. The van der Waals surface area contributed by atoms with Crippen molar-refractivity contribution in [2.75, 3.05) is 14.2 Å². The van der Waals surface area contributed by atoms with E-state index in [2.05, 4.69) is 180 Å². The molecule has 0 radical (unpaired) electrons. The second-order valence-electron chi connectivity index (χ2n) is 24.0. The molecule has 478 valence electrons. The van der Waals surface area contributed by atoms with Gasteiger partial charge in [-0.25, -0.2) is 4.79 Å². The topological polar surface area (TPSA) is 228 Å². The van der Waals surface area contributed by atoms with Crippen molar-refractivity contribution in [2.45, 2.75) is 250 Å². The number of aliphatic hydroxyl groups is 5. The molecule has 7 aliphatic heterocycles. The molecule has 0 aromatic heterocycles. The number of hydrogen-bond donors (Lipinski definition) is 5. The first-order chi connectivity index (χ1) is 39.4. The van der Waals surface area contributed by atoms with Crippen molar-refractivity contribution in [3.63, 3.8) is 0 Å². The highest BCUT2D eigenvalue weighted by Gasteiger charge is 2.51. The zero-order chi connectivity index (χ0) is 61.8. The molecular formula is C62H100I4O17. The highest BCUT2D eigenvalue weighted by molar-refractivity contribution is 14.1. The van der Waals surface area contributed by atoms with Crippen LogP contribution in [0.5, 0.6) is 0 Å². The van der Waals surface area contributed by atoms with Gasteiger partial charge in [0, 0.05) is 36.7 Å². The third-order valence-corrected chi connectivity index (χ3v) is 19.6. The number of halogens is 4. The number of rotatable bonds is 16. The van der Waals surface area contributed by atoms with E-state index in [0.29, 0.717) is 85.6 Å². The quantitative estimate of drug-likeness (QED) is 0.0550. The van der Waals surface area contributed by atoms with E-state index in [-0.39, 0.29) is 85.5 Å². The van der Waals surface area contributed by atoms with E-state index >= 15 is 0 Å². The molecule has 0 spiro atoms. The van der Waals surface area contributed by atoms with Gasteiger partial charge in [0.2, 0.25) is 0 Å². The molecule has 21 heteroatoms. The predicted molar refractivity (Wildman–Crippen MR) is 353 cm³/mol. The van der Waals surface area contributed by atoms with Crippen molar-refractivity contribution in [3.05, 3.63) is 52.8 Å². The molecule has 0 unspecified atom stereocenters.